The lowest BCUT2D eigenvalue weighted by molar-refractivity contribution is 0.295. The summed E-state index contributed by atoms with van der Waals surface area (Å²) in [6.07, 6.45) is 2.12. The van der Waals surface area contributed by atoms with Crippen molar-refractivity contribution in [2.45, 2.75) is 72.8 Å². The third-order valence-electron chi connectivity index (χ3n) is 4.82. The van der Waals surface area contributed by atoms with Crippen LogP contribution in [0, 0.1) is 0 Å². The van der Waals surface area contributed by atoms with Crippen LogP contribution in [0.2, 0.25) is 0 Å². The van der Waals surface area contributed by atoms with Crippen molar-refractivity contribution in [2.24, 2.45) is 0 Å². The number of phenols is 1. The first-order chi connectivity index (χ1) is 9.98. The van der Waals surface area contributed by atoms with Crippen LogP contribution < -0.4 is 0 Å². The number of aromatic hydroxyl groups is 1. The zero-order valence-corrected chi connectivity index (χ0v) is 14.7. The average Bonchev–Trinajstić information content (AvgIpc) is 2.52. The molecule has 0 aliphatic heterocycles. The maximum atomic E-state index is 10.7. The Labute approximate surface area is 131 Å². The van der Waals surface area contributed by atoms with E-state index in [1.807, 2.05) is 0 Å². The van der Waals surface area contributed by atoms with Crippen molar-refractivity contribution < 1.29 is 5.11 Å². The normalized spacial score (nSPS) is 14.4. The molecule has 21 heavy (non-hydrogen) atoms. The summed E-state index contributed by atoms with van der Waals surface area (Å²) >= 11 is 0. The second-order valence-corrected chi connectivity index (χ2v) is 6.20. The van der Waals surface area contributed by atoms with Crippen molar-refractivity contribution >= 4 is 0 Å². The van der Waals surface area contributed by atoms with Gasteiger partial charge in [-0.1, -0.05) is 53.7 Å². The van der Waals surface area contributed by atoms with E-state index in [2.05, 4.69) is 58.6 Å². The molecule has 0 spiro atoms. The van der Waals surface area contributed by atoms with Crippen LogP contribution in [0.1, 0.15) is 82.9 Å². The summed E-state index contributed by atoms with van der Waals surface area (Å²) in [4.78, 5) is 2.42. The van der Waals surface area contributed by atoms with Crippen molar-refractivity contribution in [3.05, 3.63) is 28.8 Å². The number of hydrogen-bond donors (Lipinski definition) is 1. The molecule has 1 aromatic carbocycles. The number of hydrogen-bond acceptors (Lipinski definition) is 2. The van der Waals surface area contributed by atoms with Gasteiger partial charge in [0, 0.05) is 6.54 Å². The standard InChI is InChI=1S/C19H33NO/c1-7-14(5)17-11-16(13-20(9-3)10-4)12-18(19(17)21)15(6)8-2/h11-12,14-15,21H,7-10,13H2,1-6H3. The molecule has 1 N–H and O–H groups in total. The van der Waals surface area contributed by atoms with Crippen LogP contribution in [0.25, 0.3) is 0 Å². The lowest BCUT2D eigenvalue weighted by atomic mass is 9.88. The van der Waals surface area contributed by atoms with Crippen LogP contribution in [0.3, 0.4) is 0 Å². The molecule has 2 nitrogen and oxygen atoms in total. The fraction of sp³-hybridized carbons (Fsp3) is 0.684. The molecule has 0 amide bonds. The van der Waals surface area contributed by atoms with Crippen molar-refractivity contribution in [1.82, 2.24) is 4.90 Å². The Hall–Kier alpha value is -1.02. The van der Waals surface area contributed by atoms with Crippen molar-refractivity contribution in [2.75, 3.05) is 13.1 Å². The Morgan fingerprint density at radius 1 is 0.905 bits per heavy atom. The molecule has 0 fully saturated rings. The molecule has 0 aromatic heterocycles. The summed E-state index contributed by atoms with van der Waals surface area (Å²) < 4.78 is 0. The summed E-state index contributed by atoms with van der Waals surface area (Å²) in [7, 11) is 0. The molecule has 0 saturated carbocycles. The molecular formula is C19H33NO. The molecule has 0 radical (unpaired) electrons. The predicted molar refractivity (Wildman–Crippen MR) is 92.1 cm³/mol. The fourth-order valence-corrected chi connectivity index (χ4v) is 2.73. The van der Waals surface area contributed by atoms with E-state index in [1.54, 1.807) is 0 Å². The lowest BCUT2D eigenvalue weighted by Crippen LogP contribution is -2.22. The summed E-state index contributed by atoms with van der Waals surface area (Å²) in [6.45, 7) is 16.3. The average molecular weight is 291 g/mol. The molecular weight excluding hydrogens is 258 g/mol. The highest BCUT2D eigenvalue weighted by atomic mass is 16.3. The Balaban J connectivity index is 3.25. The molecule has 0 bridgehead atoms. The Bertz CT molecular complexity index is 406. The SMILES string of the molecule is CCC(C)c1cc(CN(CC)CC)cc(C(C)CC)c1O. The van der Waals surface area contributed by atoms with Gasteiger partial charge in [0.2, 0.25) is 0 Å². The fourth-order valence-electron chi connectivity index (χ4n) is 2.73. The number of rotatable bonds is 8. The van der Waals surface area contributed by atoms with Gasteiger partial charge in [-0.3, -0.25) is 4.90 Å². The molecule has 120 valence electrons. The van der Waals surface area contributed by atoms with E-state index in [-0.39, 0.29) is 0 Å². The molecule has 0 heterocycles. The van der Waals surface area contributed by atoms with Crippen LogP contribution in [-0.2, 0) is 6.54 Å². The molecule has 0 aliphatic rings. The smallest absolute Gasteiger partial charge is 0.122 e. The van der Waals surface area contributed by atoms with Gasteiger partial charge in [0.25, 0.3) is 0 Å². The predicted octanol–water partition coefficient (Wildman–Crippen LogP) is 5.26. The van der Waals surface area contributed by atoms with Gasteiger partial charge in [0.15, 0.2) is 0 Å². The minimum atomic E-state index is 0.407. The monoisotopic (exact) mass is 291 g/mol. The maximum Gasteiger partial charge on any atom is 0.122 e. The van der Waals surface area contributed by atoms with E-state index in [9.17, 15) is 5.11 Å². The first kappa shape index (κ1) is 18.0. The minimum absolute atomic E-state index is 0.407. The van der Waals surface area contributed by atoms with Crippen LogP contribution in [0.15, 0.2) is 12.1 Å². The van der Waals surface area contributed by atoms with E-state index < -0.39 is 0 Å². The lowest BCUT2D eigenvalue weighted by Gasteiger charge is -2.23. The largest absolute Gasteiger partial charge is 0.507 e. The van der Waals surface area contributed by atoms with Crippen LogP contribution >= 0.6 is 0 Å². The van der Waals surface area contributed by atoms with E-state index in [4.69, 9.17) is 0 Å². The second kappa shape index (κ2) is 8.43. The molecule has 2 heteroatoms. The van der Waals surface area contributed by atoms with Gasteiger partial charge in [-0.25, -0.2) is 0 Å². The zero-order chi connectivity index (χ0) is 16.0. The Morgan fingerprint density at radius 2 is 1.33 bits per heavy atom. The van der Waals surface area contributed by atoms with Crippen molar-refractivity contribution in [3.63, 3.8) is 0 Å². The summed E-state index contributed by atoms with van der Waals surface area (Å²) in [5.41, 5.74) is 3.58. The summed E-state index contributed by atoms with van der Waals surface area (Å²) in [5, 5.41) is 10.7. The van der Waals surface area contributed by atoms with E-state index >= 15 is 0 Å². The number of nitrogens with zero attached hydrogens (tertiary/aromatic N) is 1. The van der Waals surface area contributed by atoms with Gasteiger partial charge in [0.1, 0.15) is 5.75 Å². The van der Waals surface area contributed by atoms with Crippen LogP contribution in [-0.4, -0.2) is 23.1 Å². The van der Waals surface area contributed by atoms with Gasteiger partial charge in [-0.05, 0) is 54.5 Å². The third-order valence-corrected chi connectivity index (χ3v) is 4.82. The minimum Gasteiger partial charge on any atom is -0.507 e. The summed E-state index contributed by atoms with van der Waals surface area (Å²) in [6, 6.07) is 4.43. The highest BCUT2D eigenvalue weighted by molar-refractivity contribution is 5.47. The second-order valence-electron chi connectivity index (χ2n) is 6.20. The van der Waals surface area contributed by atoms with Gasteiger partial charge in [-0.15, -0.1) is 0 Å². The Morgan fingerprint density at radius 3 is 1.67 bits per heavy atom. The quantitative estimate of drug-likeness (QED) is 0.706. The van der Waals surface area contributed by atoms with E-state index in [1.165, 1.54) is 5.56 Å². The Kier molecular flexibility index (Phi) is 7.24. The molecule has 1 aromatic rings. The number of benzene rings is 1. The topological polar surface area (TPSA) is 23.5 Å². The van der Waals surface area contributed by atoms with E-state index in [0.717, 1.165) is 43.6 Å². The van der Waals surface area contributed by atoms with Gasteiger partial charge in [-0.2, -0.15) is 0 Å². The van der Waals surface area contributed by atoms with Crippen LogP contribution in [0.5, 0.6) is 5.75 Å². The van der Waals surface area contributed by atoms with E-state index in [0.29, 0.717) is 17.6 Å². The molecule has 0 aliphatic carbocycles. The molecule has 2 atom stereocenters. The highest BCUT2D eigenvalue weighted by Gasteiger charge is 2.18. The molecule has 2 unspecified atom stereocenters. The van der Waals surface area contributed by atoms with Crippen LogP contribution in [0.4, 0.5) is 0 Å². The molecule has 1 rings (SSSR count). The highest BCUT2D eigenvalue weighted by Crippen LogP contribution is 2.37. The summed E-state index contributed by atoms with van der Waals surface area (Å²) in [5.74, 6) is 1.34. The van der Waals surface area contributed by atoms with Crippen molar-refractivity contribution in [3.8, 4) is 5.75 Å². The number of phenolic OH excluding ortho intramolecular Hbond substituents is 1. The molecule has 0 saturated heterocycles. The van der Waals surface area contributed by atoms with Gasteiger partial charge in [0.05, 0.1) is 0 Å². The maximum absolute atomic E-state index is 10.7. The van der Waals surface area contributed by atoms with Gasteiger partial charge < -0.3 is 5.11 Å². The first-order valence-electron chi connectivity index (χ1n) is 8.56. The first-order valence-corrected chi connectivity index (χ1v) is 8.56. The third kappa shape index (κ3) is 4.47. The van der Waals surface area contributed by atoms with Gasteiger partial charge >= 0.3 is 0 Å². The zero-order valence-electron chi connectivity index (χ0n) is 14.7. The van der Waals surface area contributed by atoms with Crippen molar-refractivity contribution in [1.29, 1.82) is 0 Å².